The van der Waals surface area contributed by atoms with E-state index in [-0.39, 0.29) is 17.2 Å². The molecule has 0 saturated carbocycles. The smallest absolute Gasteiger partial charge is 0.230 e. The van der Waals surface area contributed by atoms with Gasteiger partial charge in [-0.2, -0.15) is 0 Å². The highest BCUT2D eigenvalue weighted by atomic mass is 35.5. The first-order chi connectivity index (χ1) is 12.7. The second-order valence-electron chi connectivity index (χ2n) is 5.80. The number of carbonyl (C=O) groups is 1. The number of anilines is 1. The summed E-state index contributed by atoms with van der Waals surface area (Å²) in [5.74, 6) is -0.245. The fourth-order valence-corrected chi connectivity index (χ4v) is 4.22. The SMILES string of the molecule is CS(=O)(=O)c1ccc(CC(=O)Nc2nc(-c3ccc(Cl)cc3Cl)cs2)cc1. The molecule has 0 unspecified atom stereocenters. The van der Waals surface area contributed by atoms with Gasteiger partial charge >= 0.3 is 0 Å². The Morgan fingerprint density at radius 3 is 2.48 bits per heavy atom. The summed E-state index contributed by atoms with van der Waals surface area (Å²) >= 11 is 13.4. The van der Waals surface area contributed by atoms with Crippen LogP contribution < -0.4 is 5.32 Å². The third-order valence-corrected chi connectivity index (χ3v) is 6.11. The molecule has 140 valence electrons. The number of hydrogen-bond acceptors (Lipinski definition) is 5. The second-order valence-corrected chi connectivity index (χ2v) is 9.52. The first kappa shape index (κ1) is 19.8. The van der Waals surface area contributed by atoms with Crippen LogP contribution in [0.5, 0.6) is 0 Å². The molecule has 5 nitrogen and oxygen atoms in total. The number of halogens is 2. The predicted molar refractivity (Wildman–Crippen MR) is 109 cm³/mol. The zero-order valence-electron chi connectivity index (χ0n) is 14.1. The van der Waals surface area contributed by atoms with Gasteiger partial charge in [0.25, 0.3) is 0 Å². The normalized spacial score (nSPS) is 11.4. The molecule has 0 spiro atoms. The van der Waals surface area contributed by atoms with Crippen LogP contribution in [0.3, 0.4) is 0 Å². The number of thiazole rings is 1. The molecule has 2 aromatic carbocycles. The summed E-state index contributed by atoms with van der Waals surface area (Å²) in [6.07, 6.45) is 1.25. The van der Waals surface area contributed by atoms with E-state index < -0.39 is 9.84 Å². The number of rotatable bonds is 5. The van der Waals surface area contributed by atoms with Crippen molar-refractivity contribution >= 4 is 55.4 Å². The fraction of sp³-hybridized carbons (Fsp3) is 0.111. The lowest BCUT2D eigenvalue weighted by molar-refractivity contribution is -0.115. The Morgan fingerprint density at radius 1 is 1.15 bits per heavy atom. The quantitative estimate of drug-likeness (QED) is 0.623. The lowest BCUT2D eigenvalue weighted by Gasteiger charge is -2.04. The van der Waals surface area contributed by atoms with Crippen molar-refractivity contribution in [3.05, 3.63) is 63.5 Å². The summed E-state index contributed by atoms with van der Waals surface area (Å²) in [5, 5.41) is 6.01. The van der Waals surface area contributed by atoms with Gasteiger partial charge in [-0.15, -0.1) is 11.3 Å². The van der Waals surface area contributed by atoms with E-state index in [1.54, 1.807) is 35.7 Å². The molecule has 3 rings (SSSR count). The van der Waals surface area contributed by atoms with E-state index in [1.165, 1.54) is 23.5 Å². The van der Waals surface area contributed by atoms with E-state index in [1.807, 2.05) is 0 Å². The van der Waals surface area contributed by atoms with E-state index in [4.69, 9.17) is 23.2 Å². The highest BCUT2D eigenvalue weighted by Crippen LogP contribution is 2.32. The zero-order chi connectivity index (χ0) is 19.6. The molecule has 1 N–H and O–H groups in total. The summed E-state index contributed by atoms with van der Waals surface area (Å²) in [5.41, 5.74) is 2.08. The Hall–Kier alpha value is -1.93. The van der Waals surface area contributed by atoms with Crippen LogP contribution in [0.15, 0.2) is 52.7 Å². The Kier molecular flexibility index (Phi) is 5.86. The van der Waals surface area contributed by atoms with Crippen LogP contribution >= 0.6 is 34.5 Å². The predicted octanol–water partition coefficient (Wildman–Crippen LogP) is 4.70. The minimum atomic E-state index is -3.25. The Balaban J connectivity index is 1.67. The molecule has 0 radical (unpaired) electrons. The number of hydrogen-bond donors (Lipinski definition) is 1. The fourth-order valence-electron chi connectivity index (χ4n) is 2.36. The molecule has 0 saturated heterocycles. The Labute approximate surface area is 170 Å². The molecule has 9 heteroatoms. The van der Waals surface area contributed by atoms with Crippen molar-refractivity contribution in [3.8, 4) is 11.3 Å². The highest BCUT2D eigenvalue weighted by Gasteiger charge is 2.12. The summed E-state index contributed by atoms with van der Waals surface area (Å²) in [6, 6.07) is 11.4. The van der Waals surface area contributed by atoms with Crippen LogP contribution in [0.1, 0.15) is 5.56 Å². The molecular formula is C18H14Cl2N2O3S2. The van der Waals surface area contributed by atoms with Crippen LogP contribution in [0.4, 0.5) is 5.13 Å². The maximum atomic E-state index is 12.2. The molecule has 0 aliphatic heterocycles. The van der Waals surface area contributed by atoms with Gasteiger partial charge in [-0.1, -0.05) is 35.3 Å². The second kappa shape index (κ2) is 7.98. The maximum Gasteiger partial charge on any atom is 0.230 e. The monoisotopic (exact) mass is 440 g/mol. The van der Waals surface area contributed by atoms with Crippen LogP contribution in [0.25, 0.3) is 11.3 Å². The molecule has 0 aliphatic rings. The molecule has 0 fully saturated rings. The van der Waals surface area contributed by atoms with E-state index in [0.29, 0.717) is 26.4 Å². The number of aromatic nitrogens is 1. The summed E-state index contributed by atoms with van der Waals surface area (Å²) in [6.45, 7) is 0. The number of benzene rings is 2. The van der Waals surface area contributed by atoms with Crippen molar-refractivity contribution in [2.75, 3.05) is 11.6 Å². The number of amides is 1. The van der Waals surface area contributed by atoms with E-state index >= 15 is 0 Å². The largest absolute Gasteiger partial charge is 0.302 e. The number of nitrogens with one attached hydrogen (secondary N) is 1. The van der Waals surface area contributed by atoms with Gasteiger partial charge in [0, 0.05) is 22.2 Å². The molecule has 1 aromatic heterocycles. The van der Waals surface area contributed by atoms with Gasteiger partial charge in [-0.05, 0) is 35.9 Å². The molecule has 1 heterocycles. The van der Waals surface area contributed by atoms with Crippen molar-refractivity contribution in [1.29, 1.82) is 0 Å². The van der Waals surface area contributed by atoms with Crippen molar-refractivity contribution in [2.45, 2.75) is 11.3 Å². The van der Waals surface area contributed by atoms with Gasteiger partial charge in [0.15, 0.2) is 15.0 Å². The summed E-state index contributed by atoms with van der Waals surface area (Å²) in [7, 11) is -3.25. The van der Waals surface area contributed by atoms with Crippen molar-refractivity contribution in [3.63, 3.8) is 0 Å². The lowest BCUT2D eigenvalue weighted by atomic mass is 10.1. The van der Waals surface area contributed by atoms with Gasteiger partial charge in [0.05, 0.1) is 22.0 Å². The maximum absolute atomic E-state index is 12.2. The molecule has 1 amide bonds. The van der Waals surface area contributed by atoms with E-state index in [9.17, 15) is 13.2 Å². The minimum Gasteiger partial charge on any atom is -0.302 e. The van der Waals surface area contributed by atoms with Crippen LogP contribution in [0.2, 0.25) is 10.0 Å². The first-order valence-corrected chi connectivity index (χ1v) is 11.2. The number of carbonyl (C=O) groups excluding carboxylic acids is 1. The first-order valence-electron chi connectivity index (χ1n) is 7.72. The molecule has 0 aliphatic carbocycles. The molecular weight excluding hydrogens is 427 g/mol. The van der Waals surface area contributed by atoms with Crippen LogP contribution in [0, 0.1) is 0 Å². The van der Waals surface area contributed by atoms with Crippen molar-refractivity contribution in [2.24, 2.45) is 0 Å². The van der Waals surface area contributed by atoms with E-state index in [0.717, 1.165) is 11.8 Å². The molecule has 3 aromatic rings. The molecule has 0 bridgehead atoms. The van der Waals surface area contributed by atoms with Gasteiger partial charge in [-0.3, -0.25) is 4.79 Å². The van der Waals surface area contributed by atoms with Gasteiger partial charge < -0.3 is 5.32 Å². The minimum absolute atomic E-state index is 0.112. The molecule has 27 heavy (non-hydrogen) atoms. The van der Waals surface area contributed by atoms with Gasteiger partial charge in [-0.25, -0.2) is 13.4 Å². The van der Waals surface area contributed by atoms with Crippen molar-refractivity contribution in [1.82, 2.24) is 4.98 Å². The number of nitrogens with zero attached hydrogens (tertiary/aromatic N) is 1. The van der Waals surface area contributed by atoms with Crippen molar-refractivity contribution < 1.29 is 13.2 Å². The third-order valence-electron chi connectivity index (χ3n) is 3.67. The number of sulfone groups is 1. The average molecular weight is 441 g/mol. The topological polar surface area (TPSA) is 76.1 Å². The standard InChI is InChI=1S/C18H14Cl2N2O3S2/c1-27(24,25)13-5-2-11(3-6-13)8-17(23)22-18-21-16(10-26-18)14-7-4-12(19)9-15(14)20/h2-7,9-10H,8H2,1H3,(H,21,22,23). The summed E-state index contributed by atoms with van der Waals surface area (Å²) < 4.78 is 22.9. The third kappa shape index (κ3) is 5.07. The van der Waals surface area contributed by atoms with Crippen LogP contribution in [-0.2, 0) is 21.1 Å². The van der Waals surface area contributed by atoms with Crippen LogP contribution in [-0.4, -0.2) is 25.6 Å². The highest BCUT2D eigenvalue weighted by molar-refractivity contribution is 7.90. The Bertz CT molecular complexity index is 1090. The summed E-state index contributed by atoms with van der Waals surface area (Å²) in [4.78, 5) is 16.8. The lowest BCUT2D eigenvalue weighted by Crippen LogP contribution is -2.14. The van der Waals surface area contributed by atoms with Gasteiger partial charge in [0.1, 0.15) is 0 Å². The Morgan fingerprint density at radius 2 is 1.85 bits per heavy atom. The van der Waals surface area contributed by atoms with Gasteiger partial charge in [0.2, 0.25) is 5.91 Å². The molecule has 0 atom stereocenters. The zero-order valence-corrected chi connectivity index (χ0v) is 17.2. The average Bonchev–Trinajstić information content (AvgIpc) is 3.02. The van der Waals surface area contributed by atoms with E-state index in [2.05, 4.69) is 10.3 Å².